The number of anilines is 2. The zero-order valence-electron chi connectivity index (χ0n) is 13.4. The summed E-state index contributed by atoms with van der Waals surface area (Å²) in [4.78, 5) is 36.6. The molecule has 2 aromatic rings. The van der Waals surface area contributed by atoms with Crippen LogP contribution in [0.15, 0.2) is 48.5 Å². The van der Waals surface area contributed by atoms with Gasteiger partial charge in [-0.05, 0) is 42.0 Å². The number of imide groups is 1. The maximum Gasteiger partial charge on any atom is 0.256 e. The Morgan fingerprint density at radius 2 is 1.76 bits per heavy atom. The summed E-state index contributed by atoms with van der Waals surface area (Å²) in [6, 6.07) is 11.8. The highest BCUT2D eigenvalue weighted by molar-refractivity contribution is 6.23. The van der Waals surface area contributed by atoms with Crippen LogP contribution >= 0.6 is 0 Å². The van der Waals surface area contributed by atoms with Crippen LogP contribution < -0.4 is 20.1 Å². The Labute approximate surface area is 143 Å². The molecule has 2 aromatic carbocycles. The topological polar surface area (TPSA) is 98.8 Å². The van der Waals surface area contributed by atoms with Gasteiger partial charge in [0.2, 0.25) is 5.91 Å². The summed E-state index contributed by atoms with van der Waals surface area (Å²) >= 11 is 0. The molecule has 2 amide bonds. The number of nitrogens with one attached hydrogen (secondary N) is 1. The first-order chi connectivity index (χ1) is 12.0. The van der Waals surface area contributed by atoms with Crippen LogP contribution in [0.4, 0.5) is 11.4 Å². The first-order valence-electron chi connectivity index (χ1n) is 7.58. The fraction of sp³-hybridized carbons (Fsp3) is 0.167. The standard InChI is InChI=1S/C18H16N2O5/c1-25-14-8-4-12(5-9-14)19-15-10-16(21)20(17(15)22)13-6-2-11(3-7-13)18(23)24/h2-9,15,19H,10H2,1H3,(H,23,24)/p-1/t15-/m1/s1. The molecule has 7 nitrogen and oxygen atoms in total. The van der Waals surface area contributed by atoms with Gasteiger partial charge >= 0.3 is 0 Å². The van der Waals surface area contributed by atoms with Crippen molar-refractivity contribution >= 4 is 29.2 Å². The van der Waals surface area contributed by atoms with E-state index in [1.54, 1.807) is 31.4 Å². The third kappa shape index (κ3) is 3.30. The molecule has 128 valence electrons. The maximum absolute atomic E-state index is 12.6. The third-order valence-electron chi connectivity index (χ3n) is 3.94. The maximum atomic E-state index is 12.6. The van der Waals surface area contributed by atoms with Crippen molar-refractivity contribution in [3.05, 3.63) is 54.1 Å². The molecular weight excluding hydrogens is 324 g/mol. The summed E-state index contributed by atoms with van der Waals surface area (Å²) in [6.45, 7) is 0. The molecule has 1 N–H and O–H groups in total. The van der Waals surface area contributed by atoms with E-state index in [0.717, 1.165) is 4.90 Å². The van der Waals surface area contributed by atoms with Gasteiger partial charge in [0.05, 0.1) is 25.2 Å². The van der Waals surface area contributed by atoms with E-state index in [1.807, 2.05) is 0 Å². The van der Waals surface area contributed by atoms with Gasteiger partial charge in [0.15, 0.2) is 0 Å². The van der Waals surface area contributed by atoms with Crippen molar-refractivity contribution in [1.29, 1.82) is 0 Å². The van der Waals surface area contributed by atoms with Crippen LogP contribution in [0.25, 0.3) is 0 Å². The van der Waals surface area contributed by atoms with E-state index in [0.29, 0.717) is 17.1 Å². The number of carbonyl (C=O) groups excluding carboxylic acids is 3. The summed E-state index contributed by atoms with van der Waals surface area (Å²) < 4.78 is 5.08. The molecule has 1 saturated heterocycles. The van der Waals surface area contributed by atoms with Crippen molar-refractivity contribution in [3.8, 4) is 5.75 Å². The first kappa shape index (κ1) is 16.5. The summed E-state index contributed by atoms with van der Waals surface area (Å²) in [5.74, 6) is -1.36. The van der Waals surface area contributed by atoms with E-state index in [2.05, 4.69) is 5.32 Å². The van der Waals surface area contributed by atoms with E-state index in [9.17, 15) is 19.5 Å². The SMILES string of the molecule is COc1ccc(N[C@@H]2CC(=O)N(c3ccc(C(=O)[O-])cc3)C2=O)cc1. The zero-order valence-corrected chi connectivity index (χ0v) is 13.4. The highest BCUT2D eigenvalue weighted by atomic mass is 16.5. The van der Waals surface area contributed by atoms with Gasteiger partial charge in [-0.3, -0.25) is 9.59 Å². The van der Waals surface area contributed by atoms with Gasteiger partial charge in [0.25, 0.3) is 5.91 Å². The molecule has 0 aliphatic carbocycles. The van der Waals surface area contributed by atoms with Crippen LogP contribution in [0.5, 0.6) is 5.75 Å². The van der Waals surface area contributed by atoms with Crippen LogP contribution in [0.2, 0.25) is 0 Å². The van der Waals surface area contributed by atoms with Gasteiger partial charge < -0.3 is 20.0 Å². The number of carboxylic acids is 1. The Kier molecular flexibility index (Phi) is 4.38. The van der Waals surface area contributed by atoms with E-state index >= 15 is 0 Å². The fourth-order valence-electron chi connectivity index (χ4n) is 2.65. The van der Waals surface area contributed by atoms with Crippen LogP contribution in [0.1, 0.15) is 16.8 Å². The molecular formula is C18H15N2O5-. The molecule has 1 aliphatic heterocycles. The molecule has 1 fully saturated rings. The summed E-state index contributed by atoms with van der Waals surface area (Å²) in [6.07, 6.45) is 0.0209. The molecule has 25 heavy (non-hydrogen) atoms. The van der Waals surface area contributed by atoms with Gasteiger partial charge in [0.1, 0.15) is 11.8 Å². The average Bonchev–Trinajstić information content (AvgIpc) is 2.89. The van der Waals surface area contributed by atoms with Gasteiger partial charge in [-0.15, -0.1) is 0 Å². The van der Waals surface area contributed by atoms with Crippen molar-refractivity contribution < 1.29 is 24.2 Å². The molecule has 1 heterocycles. The minimum atomic E-state index is -1.32. The normalized spacial score (nSPS) is 16.8. The number of nitrogens with zero attached hydrogens (tertiary/aromatic N) is 1. The van der Waals surface area contributed by atoms with Crippen LogP contribution in [0, 0.1) is 0 Å². The number of carboxylic acid groups (broad SMARTS) is 1. The summed E-state index contributed by atoms with van der Waals surface area (Å²) in [7, 11) is 1.56. The van der Waals surface area contributed by atoms with Gasteiger partial charge in [-0.1, -0.05) is 12.1 Å². The van der Waals surface area contributed by atoms with Crippen molar-refractivity contribution in [2.75, 3.05) is 17.3 Å². The molecule has 0 saturated carbocycles. The Morgan fingerprint density at radius 3 is 2.32 bits per heavy atom. The lowest BCUT2D eigenvalue weighted by Crippen LogP contribution is -2.34. The monoisotopic (exact) mass is 339 g/mol. The second-order valence-electron chi connectivity index (χ2n) is 5.53. The number of benzene rings is 2. The lowest BCUT2D eigenvalue weighted by Gasteiger charge is -2.16. The van der Waals surface area contributed by atoms with Crippen molar-refractivity contribution in [2.24, 2.45) is 0 Å². The molecule has 0 spiro atoms. The van der Waals surface area contributed by atoms with Gasteiger partial charge in [-0.25, -0.2) is 4.90 Å². The minimum Gasteiger partial charge on any atom is -0.545 e. The predicted molar refractivity (Wildman–Crippen MR) is 88.3 cm³/mol. The number of carbonyl (C=O) groups is 3. The Morgan fingerprint density at radius 1 is 1.12 bits per heavy atom. The molecule has 0 bridgehead atoms. The number of hydrogen-bond acceptors (Lipinski definition) is 6. The summed E-state index contributed by atoms with van der Waals surface area (Å²) in [5, 5.41) is 13.8. The molecule has 7 heteroatoms. The molecule has 1 aliphatic rings. The van der Waals surface area contributed by atoms with E-state index in [1.165, 1.54) is 24.3 Å². The van der Waals surface area contributed by atoms with Crippen molar-refractivity contribution in [1.82, 2.24) is 0 Å². The van der Waals surface area contributed by atoms with Gasteiger partial charge in [0, 0.05) is 5.69 Å². The second kappa shape index (κ2) is 6.64. The number of methoxy groups -OCH3 is 1. The number of rotatable bonds is 5. The first-order valence-corrected chi connectivity index (χ1v) is 7.58. The molecule has 3 rings (SSSR count). The summed E-state index contributed by atoms with van der Waals surface area (Å²) in [5.41, 5.74) is 1.01. The molecule has 0 unspecified atom stereocenters. The minimum absolute atomic E-state index is 0.0178. The second-order valence-corrected chi connectivity index (χ2v) is 5.53. The smallest absolute Gasteiger partial charge is 0.256 e. The number of ether oxygens (including phenoxy) is 1. The Bertz CT molecular complexity index is 814. The number of aromatic carboxylic acids is 1. The molecule has 0 radical (unpaired) electrons. The van der Waals surface area contributed by atoms with Crippen LogP contribution in [-0.4, -0.2) is 30.9 Å². The lowest BCUT2D eigenvalue weighted by atomic mass is 10.2. The quantitative estimate of drug-likeness (QED) is 0.809. The Hall–Kier alpha value is -3.35. The highest BCUT2D eigenvalue weighted by Crippen LogP contribution is 2.26. The third-order valence-corrected chi connectivity index (χ3v) is 3.94. The number of amides is 2. The molecule has 0 aromatic heterocycles. The Balaban J connectivity index is 1.76. The largest absolute Gasteiger partial charge is 0.545 e. The van der Waals surface area contributed by atoms with Crippen LogP contribution in [0.3, 0.4) is 0 Å². The molecule has 1 atom stereocenters. The van der Waals surface area contributed by atoms with E-state index in [-0.39, 0.29) is 23.8 Å². The predicted octanol–water partition coefficient (Wildman–Crippen LogP) is 0.803. The number of hydrogen-bond donors (Lipinski definition) is 1. The van der Waals surface area contributed by atoms with Gasteiger partial charge in [-0.2, -0.15) is 0 Å². The fourth-order valence-corrected chi connectivity index (χ4v) is 2.65. The zero-order chi connectivity index (χ0) is 18.0. The average molecular weight is 339 g/mol. The van der Waals surface area contributed by atoms with Crippen molar-refractivity contribution in [3.63, 3.8) is 0 Å². The van der Waals surface area contributed by atoms with Crippen molar-refractivity contribution in [2.45, 2.75) is 12.5 Å². The lowest BCUT2D eigenvalue weighted by molar-refractivity contribution is -0.255. The van der Waals surface area contributed by atoms with E-state index in [4.69, 9.17) is 4.74 Å². The highest BCUT2D eigenvalue weighted by Gasteiger charge is 2.39. The van der Waals surface area contributed by atoms with Crippen LogP contribution in [-0.2, 0) is 9.59 Å². The van der Waals surface area contributed by atoms with E-state index < -0.39 is 12.0 Å².